The van der Waals surface area contributed by atoms with E-state index in [1.807, 2.05) is 0 Å². The summed E-state index contributed by atoms with van der Waals surface area (Å²) in [5.74, 6) is 0. The minimum atomic E-state index is -2.65. The average Bonchev–Trinajstić information content (AvgIpc) is 2.62. The molecule has 4 nitrogen and oxygen atoms in total. The Bertz CT molecular complexity index is 457. The van der Waals surface area contributed by atoms with Crippen LogP contribution in [0.4, 0.5) is 8.78 Å². The van der Waals surface area contributed by atoms with Crippen LogP contribution in [-0.4, -0.2) is 19.7 Å². The molecular weight excluding hydrogens is 270 g/mol. The first-order valence-corrected chi connectivity index (χ1v) is 4.76. The van der Waals surface area contributed by atoms with E-state index in [4.69, 9.17) is 0 Å². The van der Waals surface area contributed by atoms with E-state index >= 15 is 0 Å². The molecule has 0 spiro atoms. The number of alkyl halides is 2. The molecule has 0 radical (unpaired) electrons. The molecule has 15 heavy (non-hydrogen) atoms. The summed E-state index contributed by atoms with van der Waals surface area (Å²) in [4.78, 5) is 7.58. The topological polar surface area (TPSA) is 43.6 Å². The molecule has 0 saturated heterocycles. The van der Waals surface area contributed by atoms with E-state index in [2.05, 4.69) is 31.0 Å². The maximum Gasteiger partial charge on any atom is 0.333 e. The van der Waals surface area contributed by atoms with Crippen molar-refractivity contribution in [3.8, 4) is 11.3 Å². The van der Waals surface area contributed by atoms with E-state index in [1.165, 1.54) is 24.9 Å². The first-order chi connectivity index (χ1) is 7.18. The van der Waals surface area contributed by atoms with Crippen molar-refractivity contribution in [2.45, 2.75) is 6.55 Å². The molecule has 0 unspecified atom stereocenters. The van der Waals surface area contributed by atoms with Gasteiger partial charge in [-0.15, -0.1) is 0 Å². The molecule has 0 fully saturated rings. The molecule has 0 atom stereocenters. The van der Waals surface area contributed by atoms with Gasteiger partial charge in [-0.3, -0.25) is 0 Å². The van der Waals surface area contributed by atoms with Gasteiger partial charge in [-0.25, -0.2) is 14.6 Å². The molecular formula is C8H5BrF2N4. The summed E-state index contributed by atoms with van der Waals surface area (Å²) in [6.45, 7) is -2.65. The van der Waals surface area contributed by atoms with Crippen molar-refractivity contribution in [1.29, 1.82) is 0 Å². The van der Waals surface area contributed by atoms with E-state index in [-0.39, 0.29) is 0 Å². The molecule has 0 bridgehead atoms. The average molecular weight is 275 g/mol. The number of rotatable bonds is 2. The monoisotopic (exact) mass is 274 g/mol. The van der Waals surface area contributed by atoms with Crippen molar-refractivity contribution < 1.29 is 8.78 Å². The Labute approximate surface area is 92.1 Å². The van der Waals surface area contributed by atoms with Crippen LogP contribution < -0.4 is 0 Å². The molecule has 0 aliphatic heterocycles. The van der Waals surface area contributed by atoms with Crippen LogP contribution in [-0.2, 0) is 0 Å². The lowest BCUT2D eigenvalue weighted by atomic mass is 10.2. The highest BCUT2D eigenvalue weighted by Gasteiger charge is 2.13. The number of halogens is 3. The summed E-state index contributed by atoms with van der Waals surface area (Å²) in [6, 6.07) is 0. The fraction of sp³-hybridized carbons (Fsp3) is 0.125. The van der Waals surface area contributed by atoms with Crippen molar-refractivity contribution in [1.82, 2.24) is 19.7 Å². The second kappa shape index (κ2) is 4.01. The third-order valence-corrected chi connectivity index (χ3v) is 2.30. The van der Waals surface area contributed by atoms with E-state index in [0.29, 0.717) is 20.4 Å². The van der Waals surface area contributed by atoms with Gasteiger partial charge in [0, 0.05) is 24.2 Å². The maximum absolute atomic E-state index is 12.3. The summed E-state index contributed by atoms with van der Waals surface area (Å²) < 4.78 is 25.7. The van der Waals surface area contributed by atoms with Crippen molar-refractivity contribution in [3.63, 3.8) is 0 Å². The minimum absolute atomic E-state index is 0.399. The van der Waals surface area contributed by atoms with Gasteiger partial charge in [0.15, 0.2) is 0 Å². The summed E-state index contributed by atoms with van der Waals surface area (Å²) in [5.41, 5.74) is 0.986. The summed E-state index contributed by atoms with van der Waals surface area (Å²) in [5, 5.41) is 3.72. The van der Waals surface area contributed by atoms with Gasteiger partial charge in [0.2, 0.25) is 0 Å². The van der Waals surface area contributed by atoms with E-state index in [9.17, 15) is 8.78 Å². The lowest BCUT2D eigenvalue weighted by Gasteiger charge is -1.96. The molecule has 0 aromatic carbocycles. The predicted octanol–water partition coefficient (Wildman–Crippen LogP) is 2.50. The van der Waals surface area contributed by atoms with Gasteiger partial charge in [-0.1, -0.05) is 0 Å². The molecule has 2 heterocycles. The smallest absolute Gasteiger partial charge is 0.244 e. The van der Waals surface area contributed by atoms with Gasteiger partial charge < -0.3 is 0 Å². The quantitative estimate of drug-likeness (QED) is 0.845. The molecule has 0 amide bonds. The Morgan fingerprint density at radius 2 is 1.93 bits per heavy atom. The molecule has 7 heteroatoms. The lowest BCUT2D eigenvalue weighted by molar-refractivity contribution is 0.0568. The molecule has 2 aromatic rings. The Kier molecular flexibility index (Phi) is 2.72. The highest BCUT2D eigenvalue weighted by Crippen LogP contribution is 2.27. The highest BCUT2D eigenvalue weighted by atomic mass is 79.9. The Hall–Kier alpha value is -1.37. The molecule has 0 aliphatic rings. The number of aromatic nitrogens is 4. The zero-order chi connectivity index (χ0) is 10.8. The van der Waals surface area contributed by atoms with Gasteiger partial charge in [0.25, 0.3) is 0 Å². The lowest BCUT2D eigenvalue weighted by Crippen LogP contribution is -1.98. The van der Waals surface area contributed by atoms with Crippen molar-refractivity contribution in [2.75, 3.05) is 0 Å². The minimum Gasteiger partial charge on any atom is -0.244 e. The first-order valence-electron chi connectivity index (χ1n) is 3.96. The summed E-state index contributed by atoms with van der Waals surface area (Å²) >= 11 is 3.15. The normalized spacial score (nSPS) is 10.9. The van der Waals surface area contributed by atoms with Crippen LogP contribution in [0, 0.1) is 0 Å². The third-order valence-electron chi connectivity index (χ3n) is 1.72. The van der Waals surface area contributed by atoms with E-state index in [1.54, 1.807) is 0 Å². The van der Waals surface area contributed by atoms with Crippen LogP contribution in [0.15, 0.2) is 29.4 Å². The molecule has 0 N–H and O–H groups in total. The van der Waals surface area contributed by atoms with Crippen molar-refractivity contribution in [3.05, 3.63) is 29.4 Å². The summed E-state index contributed by atoms with van der Waals surface area (Å²) in [7, 11) is 0. The third kappa shape index (κ3) is 2.01. The van der Waals surface area contributed by atoms with Gasteiger partial charge >= 0.3 is 6.55 Å². The van der Waals surface area contributed by atoms with Gasteiger partial charge in [-0.2, -0.15) is 13.9 Å². The second-order valence-electron chi connectivity index (χ2n) is 2.71. The van der Waals surface area contributed by atoms with Crippen LogP contribution in [0.2, 0.25) is 0 Å². The van der Waals surface area contributed by atoms with Crippen molar-refractivity contribution >= 4 is 15.9 Å². The number of nitrogens with zero attached hydrogens (tertiary/aromatic N) is 4. The van der Waals surface area contributed by atoms with Crippen LogP contribution in [0.25, 0.3) is 11.3 Å². The SMILES string of the molecule is FC(F)n1cc(Br)c(-c2cncnc2)n1. The molecule has 2 rings (SSSR count). The van der Waals surface area contributed by atoms with Gasteiger partial charge in [0.05, 0.1) is 4.47 Å². The molecule has 0 aliphatic carbocycles. The zero-order valence-electron chi connectivity index (χ0n) is 7.31. The number of hydrogen-bond donors (Lipinski definition) is 0. The van der Waals surface area contributed by atoms with Crippen LogP contribution in [0.5, 0.6) is 0 Å². The van der Waals surface area contributed by atoms with E-state index < -0.39 is 6.55 Å². The number of hydrogen-bond acceptors (Lipinski definition) is 3. The van der Waals surface area contributed by atoms with Gasteiger partial charge in [-0.05, 0) is 15.9 Å². The molecule has 0 saturated carbocycles. The Morgan fingerprint density at radius 3 is 2.47 bits per heavy atom. The highest BCUT2D eigenvalue weighted by molar-refractivity contribution is 9.10. The maximum atomic E-state index is 12.3. The van der Waals surface area contributed by atoms with Crippen LogP contribution in [0.3, 0.4) is 0 Å². The molecule has 2 aromatic heterocycles. The second-order valence-corrected chi connectivity index (χ2v) is 3.56. The van der Waals surface area contributed by atoms with E-state index in [0.717, 1.165) is 0 Å². The fourth-order valence-corrected chi connectivity index (χ4v) is 1.60. The Morgan fingerprint density at radius 1 is 1.27 bits per heavy atom. The van der Waals surface area contributed by atoms with Gasteiger partial charge in [0.1, 0.15) is 12.0 Å². The summed E-state index contributed by atoms with van der Waals surface area (Å²) in [6.07, 6.45) is 5.60. The first kappa shape index (κ1) is 10.2. The Balaban J connectivity index is 2.45. The molecule has 78 valence electrons. The van der Waals surface area contributed by atoms with Crippen molar-refractivity contribution in [2.24, 2.45) is 0 Å². The predicted molar refractivity (Wildman–Crippen MR) is 52.2 cm³/mol. The standard InChI is InChI=1S/C8H5BrF2N4/c9-6-3-15(8(10)11)14-7(6)5-1-12-4-13-2-5/h1-4,8H. The largest absolute Gasteiger partial charge is 0.333 e. The fourth-order valence-electron chi connectivity index (χ4n) is 1.09. The van der Waals surface area contributed by atoms with Crippen LogP contribution in [0.1, 0.15) is 6.55 Å². The zero-order valence-corrected chi connectivity index (χ0v) is 8.90. The van der Waals surface area contributed by atoms with Crippen LogP contribution >= 0.6 is 15.9 Å².